The van der Waals surface area contributed by atoms with Crippen molar-refractivity contribution < 1.29 is 13.2 Å². The maximum absolute atomic E-state index is 13.8. The fraction of sp³-hybridized carbons (Fsp3) is 0.167. The lowest BCUT2D eigenvalue weighted by atomic mass is 9.85. The first-order valence-electron chi connectivity index (χ1n) is 9.24. The first-order valence-corrected chi connectivity index (χ1v) is 9.24. The second kappa shape index (κ2) is 6.12. The molecule has 0 aliphatic heterocycles. The van der Waals surface area contributed by atoms with E-state index >= 15 is 0 Å². The Balaban J connectivity index is 1.80. The molecule has 27 heavy (non-hydrogen) atoms. The van der Waals surface area contributed by atoms with Gasteiger partial charge in [-0.05, 0) is 81.6 Å². The van der Waals surface area contributed by atoms with Crippen LogP contribution in [-0.2, 0) is 12.8 Å². The molecule has 0 aromatic heterocycles. The Morgan fingerprint density at radius 2 is 1.30 bits per heavy atom. The average molecular weight is 362 g/mol. The van der Waals surface area contributed by atoms with Gasteiger partial charge in [0.2, 0.25) is 0 Å². The normalized spacial score (nSPS) is 13.9. The van der Waals surface area contributed by atoms with Crippen LogP contribution in [0.5, 0.6) is 0 Å². The standard InChI is InChI=1S/C24H17F3/c25-22-12-15(13-23(26)24(22)27)17-6-3-7-18-20(17)11-10-19-16-5-2-1-4-14(16)8-9-21(18)19/h3,6-13H,1-2,4-5H2. The van der Waals surface area contributed by atoms with Gasteiger partial charge in [0.1, 0.15) is 0 Å². The predicted octanol–water partition coefficient (Wildman–Crippen LogP) is 6.96. The molecule has 0 unspecified atom stereocenters. The van der Waals surface area contributed by atoms with Gasteiger partial charge in [-0.2, -0.15) is 0 Å². The highest BCUT2D eigenvalue weighted by molar-refractivity contribution is 6.13. The van der Waals surface area contributed by atoms with E-state index in [1.54, 1.807) is 0 Å². The van der Waals surface area contributed by atoms with Crippen LogP contribution in [0.25, 0.3) is 32.7 Å². The molecule has 1 aliphatic rings. The third kappa shape index (κ3) is 2.53. The molecule has 3 heteroatoms. The smallest absolute Gasteiger partial charge is 0.194 e. The second-order valence-electron chi connectivity index (χ2n) is 7.23. The zero-order chi connectivity index (χ0) is 18.5. The number of aryl methyl sites for hydroxylation is 2. The van der Waals surface area contributed by atoms with E-state index in [4.69, 9.17) is 0 Å². The summed E-state index contributed by atoms with van der Waals surface area (Å²) in [5.74, 6) is -3.77. The fourth-order valence-electron chi connectivity index (χ4n) is 4.39. The molecule has 0 spiro atoms. The number of halogens is 3. The summed E-state index contributed by atoms with van der Waals surface area (Å²) >= 11 is 0. The zero-order valence-electron chi connectivity index (χ0n) is 14.7. The van der Waals surface area contributed by atoms with E-state index in [0.717, 1.165) is 41.1 Å². The van der Waals surface area contributed by atoms with Gasteiger partial charge in [0.25, 0.3) is 0 Å². The summed E-state index contributed by atoms with van der Waals surface area (Å²) in [6, 6.07) is 16.3. The van der Waals surface area contributed by atoms with E-state index in [1.807, 2.05) is 24.3 Å². The topological polar surface area (TPSA) is 0 Å². The van der Waals surface area contributed by atoms with Crippen molar-refractivity contribution in [2.24, 2.45) is 0 Å². The maximum Gasteiger partial charge on any atom is 0.194 e. The number of hydrogen-bond donors (Lipinski definition) is 0. The quantitative estimate of drug-likeness (QED) is 0.254. The zero-order valence-corrected chi connectivity index (χ0v) is 14.7. The van der Waals surface area contributed by atoms with E-state index in [-0.39, 0.29) is 0 Å². The molecule has 5 rings (SSSR count). The average Bonchev–Trinajstić information content (AvgIpc) is 2.70. The maximum atomic E-state index is 13.8. The molecule has 0 saturated carbocycles. The molecule has 0 nitrogen and oxygen atoms in total. The molecule has 0 amide bonds. The number of hydrogen-bond acceptors (Lipinski definition) is 0. The van der Waals surface area contributed by atoms with Crippen LogP contribution in [0.2, 0.25) is 0 Å². The molecular weight excluding hydrogens is 345 g/mol. The number of fused-ring (bicyclic) bond motifs is 5. The van der Waals surface area contributed by atoms with E-state index < -0.39 is 17.5 Å². The van der Waals surface area contributed by atoms with Crippen LogP contribution in [0.3, 0.4) is 0 Å². The Bertz CT molecular complexity index is 1180. The van der Waals surface area contributed by atoms with Gasteiger partial charge in [0.15, 0.2) is 17.5 Å². The molecule has 1 aliphatic carbocycles. The van der Waals surface area contributed by atoms with Crippen molar-refractivity contribution in [3.8, 4) is 11.1 Å². The lowest BCUT2D eigenvalue weighted by Gasteiger charge is -2.19. The summed E-state index contributed by atoms with van der Waals surface area (Å²) in [4.78, 5) is 0. The van der Waals surface area contributed by atoms with Gasteiger partial charge in [-0.1, -0.05) is 42.5 Å². The molecule has 0 N–H and O–H groups in total. The van der Waals surface area contributed by atoms with Crippen molar-refractivity contribution in [3.63, 3.8) is 0 Å². The summed E-state index contributed by atoms with van der Waals surface area (Å²) in [5.41, 5.74) is 3.89. The van der Waals surface area contributed by atoms with Gasteiger partial charge in [0.05, 0.1) is 0 Å². The summed E-state index contributed by atoms with van der Waals surface area (Å²) in [7, 11) is 0. The van der Waals surface area contributed by atoms with Gasteiger partial charge in [-0.3, -0.25) is 0 Å². The van der Waals surface area contributed by atoms with E-state index in [9.17, 15) is 13.2 Å². The third-order valence-corrected chi connectivity index (χ3v) is 5.68. The van der Waals surface area contributed by atoms with Crippen LogP contribution in [0.15, 0.2) is 54.6 Å². The number of benzene rings is 4. The van der Waals surface area contributed by atoms with Crippen LogP contribution < -0.4 is 0 Å². The van der Waals surface area contributed by atoms with Gasteiger partial charge in [0, 0.05) is 0 Å². The molecule has 0 saturated heterocycles. The lowest BCUT2D eigenvalue weighted by Crippen LogP contribution is -2.03. The predicted molar refractivity (Wildman–Crippen MR) is 103 cm³/mol. The van der Waals surface area contributed by atoms with Crippen molar-refractivity contribution in [3.05, 3.63) is 83.2 Å². The summed E-state index contributed by atoms with van der Waals surface area (Å²) in [6.07, 6.45) is 4.65. The van der Waals surface area contributed by atoms with Crippen LogP contribution >= 0.6 is 0 Å². The first kappa shape index (κ1) is 16.4. The van der Waals surface area contributed by atoms with Crippen molar-refractivity contribution in [1.82, 2.24) is 0 Å². The van der Waals surface area contributed by atoms with Crippen LogP contribution in [0, 0.1) is 17.5 Å². The molecule has 0 fully saturated rings. The van der Waals surface area contributed by atoms with E-state index in [0.29, 0.717) is 11.1 Å². The molecule has 0 bridgehead atoms. The van der Waals surface area contributed by atoms with Gasteiger partial charge >= 0.3 is 0 Å². The molecule has 0 heterocycles. The Morgan fingerprint density at radius 3 is 2.11 bits per heavy atom. The first-order chi connectivity index (χ1) is 13.1. The lowest BCUT2D eigenvalue weighted by molar-refractivity contribution is 0.448. The SMILES string of the molecule is Fc1cc(-c2cccc3c2ccc2c4c(ccc23)CCCC4)cc(F)c1F. The van der Waals surface area contributed by atoms with E-state index in [2.05, 4.69) is 18.2 Å². The monoisotopic (exact) mass is 362 g/mol. The van der Waals surface area contributed by atoms with Crippen molar-refractivity contribution >= 4 is 21.5 Å². The van der Waals surface area contributed by atoms with Crippen LogP contribution in [0.1, 0.15) is 24.0 Å². The van der Waals surface area contributed by atoms with Gasteiger partial charge in [-0.15, -0.1) is 0 Å². The van der Waals surface area contributed by atoms with Gasteiger partial charge in [-0.25, -0.2) is 13.2 Å². The minimum atomic E-state index is -1.43. The molecule has 4 aromatic carbocycles. The summed E-state index contributed by atoms with van der Waals surface area (Å²) in [5, 5.41) is 4.36. The van der Waals surface area contributed by atoms with E-state index in [1.165, 1.54) is 29.4 Å². The van der Waals surface area contributed by atoms with Crippen molar-refractivity contribution in [1.29, 1.82) is 0 Å². The van der Waals surface area contributed by atoms with Crippen molar-refractivity contribution in [2.75, 3.05) is 0 Å². The molecule has 134 valence electrons. The highest BCUT2D eigenvalue weighted by Gasteiger charge is 2.16. The summed E-state index contributed by atoms with van der Waals surface area (Å²) < 4.78 is 40.9. The van der Waals surface area contributed by atoms with Gasteiger partial charge < -0.3 is 0 Å². The highest BCUT2D eigenvalue weighted by Crippen LogP contribution is 2.37. The second-order valence-corrected chi connectivity index (χ2v) is 7.23. The molecule has 0 radical (unpaired) electrons. The minimum absolute atomic E-state index is 0.342. The summed E-state index contributed by atoms with van der Waals surface area (Å²) in [6.45, 7) is 0. The fourth-order valence-corrected chi connectivity index (χ4v) is 4.39. The largest absolute Gasteiger partial charge is 0.204 e. The highest BCUT2D eigenvalue weighted by atomic mass is 19.2. The third-order valence-electron chi connectivity index (χ3n) is 5.68. The Hall–Kier alpha value is -2.81. The van der Waals surface area contributed by atoms with Crippen LogP contribution in [0.4, 0.5) is 13.2 Å². The molecular formula is C24H17F3. The Morgan fingerprint density at radius 1 is 0.630 bits per heavy atom. The Kier molecular flexibility index (Phi) is 3.71. The van der Waals surface area contributed by atoms with Crippen LogP contribution in [-0.4, -0.2) is 0 Å². The number of rotatable bonds is 1. The Labute approximate surface area is 155 Å². The molecule has 4 aromatic rings. The minimum Gasteiger partial charge on any atom is -0.204 e. The van der Waals surface area contributed by atoms with Crippen molar-refractivity contribution in [2.45, 2.75) is 25.7 Å². The molecule has 0 atom stereocenters.